The summed E-state index contributed by atoms with van der Waals surface area (Å²) in [6, 6.07) is 60.5. The molecule has 12 aromatic rings. The van der Waals surface area contributed by atoms with Crippen molar-refractivity contribution in [2.24, 2.45) is 0 Å². The number of benzene rings is 12. The zero-order chi connectivity index (χ0) is 49.7. The van der Waals surface area contributed by atoms with Gasteiger partial charge in [0.15, 0.2) is 11.6 Å². The number of hydrogen-bond acceptors (Lipinski definition) is 6. The van der Waals surface area contributed by atoms with E-state index >= 15 is 0 Å². The summed E-state index contributed by atoms with van der Waals surface area (Å²) in [6.07, 6.45) is 0. The minimum Gasteiger partial charge on any atom is -0.456 e. The van der Waals surface area contributed by atoms with Crippen molar-refractivity contribution in [1.29, 1.82) is 0 Å². The minimum absolute atomic E-state index is 0.101. The van der Waals surface area contributed by atoms with Gasteiger partial charge in [0.05, 0.1) is 11.1 Å². The van der Waals surface area contributed by atoms with Crippen molar-refractivity contribution in [1.82, 2.24) is 0 Å². The van der Waals surface area contributed by atoms with Crippen molar-refractivity contribution < 1.29 is 27.3 Å². The van der Waals surface area contributed by atoms with E-state index in [9.17, 15) is 9.59 Å². The molecule has 352 valence electrons. The topological polar surface area (TPSA) is 86.7 Å². The van der Waals surface area contributed by atoms with Crippen LogP contribution in [0, 0.1) is 0 Å². The third kappa shape index (κ3) is 6.05. The number of carbonyl (C=O) groups is 2. The molecule has 12 aromatic carbocycles. The SMILES string of the molecule is CC(C)c1cc2ccc3oc4cc(C(C)C)cc5ccc6oc(c1)c2c3-c6c54.O=C(c1cccc2ccccc12)c1ccc2ccc3oc4c(C(=O)c5cccc6ccccc56)ccc5ccc6oc1c2c3-c6c54. The zero-order valence-corrected chi connectivity index (χ0v) is 40.9. The molecule has 0 N–H and O–H groups in total. The highest BCUT2D eigenvalue weighted by atomic mass is 16.3. The Morgan fingerprint density at radius 1 is 0.311 bits per heavy atom. The van der Waals surface area contributed by atoms with E-state index in [4.69, 9.17) is 17.7 Å². The van der Waals surface area contributed by atoms with E-state index in [1.54, 1.807) is 0 Å². The summed E-state index contributed by atoms with van der Waals surface area (Å²) in [5.41, 5.74) is 15.0. The average Bonchev–Trinajstić information content (AvgIpc) is 3.44. The van der Waals surface area contributed by atoms with Gasteiger partial charge in [-0.25, -0.2) is 0 Å². The minimum atomic E-state index is -0.101. The van der Waals surface area contributed by atoms with Crippen LogP contribution in [0.5, 0.6) is 0 Å². The van der Waals surface area contributed by atoms with E-state index in [-0.39, 0.29) is 11.6 Å². The second-order valence-corrected chi connectivity index (χ2v) is 20.5. The maximum atomic E-state index is 14.2. The van der Waals surface area contributed by atoms with Crippen LogP contribution in [0.1, 0.15) is 82.5 Å². The highest BCUT2D eigenvalue weighted by molar-refractivity contribution is 6.31. The van der Waals surface area contributed by atoms with Crippen molar-refractivity contribution in [3.63, 3.8) is 0 Å². The van der Waals surface area contributed by atoms with Gasteiger partial charge in [0, 0.05) is 54.9 Å². The molecule has 16 rings (SSSR count). The van der Waals surface area contributed by atoms with Gasteiger partial charge in [-0.15, -0.1) is 0 Å². The van der Waals surface area contributed by atoms with E-state index < -0.39 is 0 Å². The summed E-state index contributed by atoms with van der Waals surface area (Å²) < 4.78 is 26.3. The van der Waals surface area contributed by atoms with Crippen molar-refractivity contribution in [2.45, 2.75) is 39.5 Å². The van der Waals surface area contributed by atoms with Gasteiger partial charge in [-0.05, 0) is 115 Å². The average molecular weight is 957 g/mol. The second kappa shape index (κ2) is 15.6. The summed E-state index contributed by atoms with van der Waals surface area (Å²) >= 11 is 0. The van der Waals surface area contributed by atoms with Crippen LogP contribution in [0.15, 0.2) is 200 Å². The van der Waals surface area contributed by atoms with Gasteiger partial charge in [-0.3, -0.25) is 9.59 Å². The lowest BCUT2D eigenvalue weighted by atomic mass is 9.86. The highest BCUT2D eigenvalue weighted by Crippen LogP contribution is 2.51. The molecule has 0 aromatic heterocycles. The zero-order valence-electron chi connectivity index (χ0n) is 40.9. The number of rotatable bonds is 6. The Morgan fingerprint density at radius 3 is 1.11 bits per heavy atom. The van der Waals surface area contributed by atoms with Gasteiger partial charge in [-0.1, -0.05) is 161 Å². The molecule has 0 fully saturated rings. The van der Waals surface area contributed by atoms with E-state index in [0.717, 1.165) is 76.5 Å². The molecule has 4 aliphatic heterocycles. The Hall–Kier alpha value is -9.26. The van der Waals surface area contributed by atoms with E-state index in [2.05, 4.69) is 76.2 Å². The summed E-state index contributed by atoms with van der Waals surface area (Å²) in [5, 5.41) is 12.1. The number of carbonyl (C=O) groups excluding carboxylic acids is 2. The summed E-state index contributed by atoms with van der Waals surface area (Å²) in [4.78, 5) is 28.5. The smallest absolute Gasteiger partial charge is 0.197 e. The van der Waals surface area contributed by atoms with Gasteiger partial charge in [0.2, 0.25) is 0 Å². The lowest BCUT2D eigenvalue weighted by Crippen LogP contribution is -2.06. The first kappa shape index (κ1) is 42.4. The first-order valence-corrected chi connectivity index (χ1v) is 25.3. The van der Waals surface area contributed by atoms with Crippen LogP contribution < -0.4 is 0 Å². The molecule has 74 heavy (non-hydrogen) atoms. The molecule has 0 saturated carbocycles. The third-order valence-corrected chi connectivity index (χ3v) is 15.6. The molecule has 0 atom stereocenters. The quantitative estimate of drug-likeness (QED) is 0.0937. The molecule has 6 heteroatoms. The molecule has 0 spiro atoms. The van der Waals surface area contributed by atoms with Gasteiger partial charge >= 0.3 is 0 Å². The Balaban J connectivity index is 0.000000147. The first-order chi connectivity index (χ1) is 36.2. The van der Waals surface area contributed by atoms with E-state index in [1.165, 1.54) is 43.8 Å². The predicted octanol–water partition coefficient (Wildman–Crippen LogP) is 19.1. The predicted molar refractivity (Wildman–Crippen MR) is 301 cm³/mol. The number of fused-ring (bicyclic) bond motifs is 2. The summed E-state index contributed by atoms with van der Waals surface area (Å²) in [5.74, 6) is 0.707. The van der Waals surface area contributed by atoms with Crippen LogP contribution >= 0.6 is 0 Å². The number of ketones is 2. The summed E-state index contributed by atoms with van der Waals surface area (Å²) in [7, 11) is 0. The molecule has 0 bridgehead atoms. The molecule has 0 saturated heterocycles. The normalized spacial score (nSPS) is 12.4. The van der Waals surface area contributed by atoms with Crippen LogP contribution in [0.2, 0.25) is 0 Å². The standard InChI is InChI=1S/C42H22O4.C26H22O2/c43-39(29-13-5-9-23-7-1-3-11-27(23)29)31-19-15-25-17-22-34-37-35(25)41(31)45-33-21-18-26-16-20-32(42(46-34)36(26)38(33)37)40(44)30-14-6-10-24-8-2-4-12-28(24)30;1-13(2)17-9-15-5-7-20-25-23(15)21(11-17)27-19-8-6-16-10-18(14(3)4)12-22(28-20)24(16)26(19)25/h1-22H;5-14H,1-4H3. The maximum absolute atomic E-state index is 14.2. The van der Waals surface area contributed by atoms with Crippen LogP contribution in [0.4, 0.5) is 0 Å². The molecule has 0 aliphatic carbocycles. The molecular weight excluding hydrogens is 913 g/mol. The lowest BCUT2D eigenvalue weighted by molar-refractivity contribution is 0.103. The fraction of sp³-hybridized carbons (Fsp3) is 0.0882. The van der Waals surface area contributed by atoms with Gasteiger partial charge in [0.1, 0.15) is 44.7 Å². The molecule has 0 radical (unpaired) electrons. The van der Waals surface area contributed by atoms with Crippen molar-refractivity contribution in [3.8, 4) is 22.3 Å². The van der Waals surface area contributed by atoms with Gasteiger partial charge in [-0.2, -0.15) is 0 Å². The van der Waals surface area contributed by atoms with Gasteiger partial charge < -0.3 is 17.7 Å². The Kier molecular flexibility index (Phi) is 8.95. The summed E-state index contributed by atoms with van der Waals surface area (Å²) in [6.45, 7) is 8.88. The largest absolute Gasteiger partial charge is 0.456 e. The second-order valence-electron chi connectivity index (χ2n) is 20.5. The maximum Gasteiger partial charge on any atom is 0.197 e. The van der Waals surface area contributed by atoms with Crippen molar-refractivity contribution in [2.75, 3.05) is 0 Å². The van der Waals surface area contributed by atoms with Crippen molar-refractivity contribution >= 4 is 121 Å². The van der Waals surface area contributed by atoms with Crippen LogP contribution in [0.3, 0.4) is 0 Å². The molecule has 0 unspecified atom stereocenters. The Bertz CT molecular complexity index is 4570. The Morgan fingerprint density at radius 2 is 0.676 bits per heavy atom. The van der Waals surface area contributed by atoms with Crippen LogP contribution in [-0.2, 0) is 0 Å². The van der Waals surface area contributed by atoms with Crippen LogP contribution in [-0.4, -0.2) is 11.6 Å². The molecular formula is C68H44O6. The van der Waals surface area contributed by atoms with E-state index in [1.807, 2.05) is 133 Å². The van der Waals surface area contributed by atoms with Crippen LogP contribution in [0.25, 0.3) is 132 Å². The lowest BCUT2D eigenvalue weighted by Gasteiger charge is -2.21. The monoisotopic (exact) mass is 956 g/mol. The fourth-order valence-corrected chi connectivity index (χ4v) is 11.9. The van der Waals surface area contributed by atoms with E-state index in [0.29, 0.717) is 56.4 Å². The molecule has 0 amide bonds. The van der Waals surface area contributed by atoms with Gasteiger partial charge in [0.25, 0.3) is 0 Å². The first-order valence-electron chi connectivity index (χ1n) is 25.3. The molecule has 4 heterocycles. The third-order valence-electron chi connectivity index (χ3n) is 15.6. The molecule has 4 aliphatic rings. The number of hydrogen-bond donors (Lipinski definition) is 0. The highest BCUT2D eigenvalue weighted by Gasteiger charge is 2.30. The Labute approximate surface area is 423 Å². The molecule has 6 nitrogen and oxygen atoms in total. The fourth-order valence-electron chi connectivity index (χ4n) is 11.9. The van der Waals surface area contributed by atoms with Crippen molar-refractivity contribution in [3.05, 3.63) is 215 Å².